The zero-order valence-electron chi connectivity index (χ0n) is 16.5. The fourth-order valence-electron chi connectivity index (χ4n) is 2.80. The molecule has 0 aliphatic carbocycles. The monoisotopic (exact) mass is 484 g/mol. The van der Waals surface area contributed by atoms with E-state index in [-0.39, 0.29) is 17.1 Å². The molecule has 3 aromatic rings. The van der Waals surface area contributed by atoms with Crippen LogP contribution in [0.3, 0.4) is 0 Å². The minimum Gasteiger partial charge on any atom is -0.497 e. The van der Waals surface area contributed by atoms with Gasteiger partial charge in [0.25, 0.3) is 0 Å². The van der Waals surface area contributed by atoms with Gasteiger partial charge in [0.05, 0.1) is 28.0 Å². The third-order valence-corrected chi connectivity index (χ3v) is 8.02. The highest BCUT2D eigenvalue weighted by Crippen LogP contribution is 2.23. The molecular weight excluding hydrogens is 464 g/mol. The van der Waals surface area contributed by atoms with E-state index in [1.165, 1.54) is 35.6 Å². The standard InChI is InChI=1S/C20H21ClN2O4S3/c1-27-15-5-8-18-17(13-15)23(10-11-28-2)20(29-18)22-19(24)9-12-30(25,26)16-6-3-14(21)4-7-16/h3-8,13H,9-12H2,1-2H3. The van der Waals surface area contributed by atoms with Crippen LogP contribution in [-0.4, -0.2) is 43.8 Å². The molecule has 0 bridgehead atoms. The van der Waals surface area contributed by atoms with Gasteiger partial charge in [-0.25, -0.2) is 8.42 Å². The summed E-state index contributed by atoms with van der Waals surface area (Å²) < 4.78 is 33.2. The molecule has 1 heterocycles. The molecule has 0 fully saturated rings. The number of nitrogens with zero attached hydrogens (tertiary/aromatic N) is 2. The number of aromatic nitrogens is 1. The number of carbonyl (C=O) groups excluding carboxylic acids is 1. The molecule has 2 aromatic carbocycles. The average Bonchev–Trinajstić information content (AvgIpc) is 3.07. The Kier molecular flexibility index (Phi) is 7.62. The van der Waals surface area contributed by atoms with Crippen LogP contribution >= 0.6 is 34.7 Å². The van der Waals surface area contributed by atoms with Crippen LogP contribution in [0, 0.1) is 0 Å². The van der Waals surface area contributed by atoms with Crippen molar-refractivity contribution in [2.75, 3.05) is 24.9 Å². The van der Waals surface area contributed by atoms with E-state index in [1.807, 2.05) is 29.0 Å². The lowest BCUT2D eigenvalue weighted by atomic mass is 10.3. The SMILES string of the molecule is COc1ccc2sc(=NC(=O)CCS(=O)(=O)c3ccc(Cl)cc3)n(CCSC)c2c1. The second-order valence-corrected chi connectivity index (χ2v) is 10.9. The number of hydrogen-bond acceptors (Lipinski definition) is 6. The van der Waals surface area contributed by atoms with Gasteiger partial charge < -0.3 is 9.30 Å². The summed E-state index contributed by atoms with van der Waals surface area (Å²) in [6, 6.07) is 11.6. The third kappa shape index (κ3) is 5.46. The summed E-state index contributed by atoms with van der Waals surface area (Å²) in [5.74, 6) is 0.810. The second-order valence-electron chi connectivity index (χ2n) is 6.39. The Morgan fingerprint density at radius 3 is 2.63 bits per heavy atom. The Hall–Kier alpha value is -1.81. The molecule has 0 spiro atoms. The predicted octanol–water partition coefficient (Wildman–Crippen LogP) is 4.02. The number of hydrogen-bond donors (Lipinski definition) is 0. The first-order chi connectivity index (χ1) is 14.3. The number of thioether (sulfide) groups is 1. The van der Waals surface area contributed by atoms with Crippen molar-refractivity contribution >= 4 is 60.7 Å². The van der Waals surface area contributed by atoms with Gasteiger partial charge in [-0.15, -0.1) is 0 Å². The third-order valence-electron chi connectivity index (χ3n) is 4.39. The van der Waals surface area contributed by atoms with Gasteiger partial charge in [-0.2, -0.15) is 16.8 Å². The van der Waals surface area contributed by atoms with Gasteiger partial charge >= 0.3 is 0 Å². The molecule has 0 N–H and O–H groups in total. The first kappa shape index (κ1) is 22.9. The Balaban J connectivity index is 1.86. The van der Waals surface area contributed by atoms with Crippen molar-refractivity contribution in [1.29, 1.82) is 0 Å². The number of halogens is 1. The maximum Gasteiger partial charge on any atom is 0.249 e. The Bertz CT molecular complexity index is 1220. The van der Waals surface area contributed by atoms with Crippen LogP contribution in [0.4, 0.5) is 0 Å². The molecular formula is C20H21ClN2O4S3. The Morgan fingerprint density at radius 1 is 1.23 bits per heavy atom. The molecule has 0 unspecified atom stereocenters. The lowest BCUT2D eigenvalue weighted by molar-refractivity contribution is -0.117. The zero-order valence-corrected chi connectivity index (χ0v) is 19.7. The van der Waals surface area contributed by atoms with Crippen LogP contribution < -0.4 is 9.54 Å². The largest absolute Gasteiger partial charge is 0.497 e. The number of methoxy groups -OCH3 is 1. The summed E-state index contributed by atoms with van der Waals surface area (Å²) in [6.45, 7) is 0.684. The number of carbonyl (C=O) groups is 1. The average molecular weight is 485 g/mol. The summed E-state index contributed by atoms with van der Waals surface area (Å²) in [4.78, 5) is 17.4. The fraction of sp³-hybridized carbons (Fsp3) is 0.300. The molecule has 0 saturated carbocycles. The molecule has 0 radical (unpaired) electrons. The molecule has 1 amide bonds. The lowest BCUT2D eigenvalue weighted by Gasteiger charge is -2.05. The van der Waals surface area contributed by atoms with Crippen molar-refractivity contribution in [3.63, 3.8) is 0 Å². The molecule has 0 aliphatic rings. The van der Waals surface area contributed by atoms with Crippen LogP contribution in [0.5, 0.6) is 5.75 Å². The van der Waals surface area contributed by atoms with E-state index >= 15 is 0 Å². The normalized spacial score (nSPS) is 12.4. The Morgan fingerprint density at radius 2 is 1.97 bits per heavy atom. The van der Waals surface area contributed by atoms with E-state index in [2.05, 4.69) is 4.99 Å². The molecule has 6 nitrogen and oxygen atoms in total. The van der Waals surface area contributed by atoms with Gasteiger partial charge in [0.2, 0.25) is 5.91 Å². The number of fused-ring (bicyclic) bond motifs is 1. The number of ether oxygens (including phenoxy) is 1. The van der Waals surface area contributed by atoms with Gasteiger partial charge in [-0.3, -0.25) is 4.79 Å². The Labute approximate surface area is 188 Å². The quantitative estimate of drug-likeness (QED) is 0.482. The summed E-state index contributed by atoms with van der Waals surface area (Å²) >= 11 is 8.90. The van der Waals surface area contributed by atoms with Gasteiger partial charge in [-0.1, -0.05) is 22.9 Å². The van der Waals surface area contributed by atoms with E-state index in [0.29, 0.717) is 16.4 Å². The highest BCUT2D eigenvalue weighted by molar-refractivity contribution is 7.98. The number of sulfone groups is 1. The molecule has 160 valence electrons. The van der Waals surface area contributed by atoms with Gasteiger partial charge in [-0.05, 0) is 42.7 Å². The maximum absolute atomic E-state index is 12.5. The van der Waals surface area contributed by atoms with Crippen molar-refractivity contribution in [2.24, 2.45) is 4.99 Å². The lowest BCUT2D eigenvalue weighted by Crippen LogP contribution is -2.19. The van der Waals surface area contributed by atoms with Crippen molar-refractivity contribution in [2.45, 2.75) is 17.9 Å². The predicted molar refractivity (Wildman–Crippen MR) is 123 cm³/mol. The first-order valence-corrected chi connectivity index (χ1v) is 13.3. The molecule has 30 heavy (non-hydrogen) atoms. The number of aryl methyl sites for hydroxylation is 1. The highest BCUT2D eigenvalue weighted by atomic mass is 35.5. The maximum atomic E-state index is 12.5. The molecule has 0 atom stereocenters. The van der Waals surface area contributed by atoms with Gasteiger partial charge in [0, 0.05) is 29.8 Å². The zero-order chi connectivity index (χ0) is 21.7. The van der Waals surface area contributed by atoms with E-state index < -0.39 is 15.7 Å². The van der Waals surface area contributed by atoms with Gasteiger partial charge in [0.1, 0.15) is 5.75 Å². The minimum absolute atomic E-state index is 0.142. The number of rotatable bonds is 8. The smallest absolute Gasteiger partial charge is 0.249 e. The second kappa shape index (κ2) is 10.00. The van der Waals surface area contributed by atoms with E-state index in [0.717, 1.165) is 21.7 Å². The van der Waals surface area contributed by atoms with Gasteiger partial charge in [0.15, 0.2) is 14.6 Å². The molecule has 0 saturated heterocycles. The van der Waals surface area contributed by atoms with E-state index in [9.17, 15) is 13.2 Å². The summed E-state index contributed by atoms with van der Waals surface area (Å²) in [6.07, 6.45) is 1.82. The number of amides is 1. The van der Waals surface area contributed by atoms with Crippen LogP contribution in [0.15, 0.2) is 52.4 Å². The topological polar surface area (TPSA) is 77.7 Å². The molecule has 10 heteroatoms. The minimum atomic E-state index is -3.59. The van der Waals surface area contributed by atoms with Crippen LogP contribution in [-0.2, 0) is 21.2 Å². The van der Waals surface area contributed by atoms with E-state index in [1.54, 1.807) is 18.9 Å². The van der Waals surface area contributed by atoms with Crippen molar-refractivity contribution in [1.82, 2.24) is 4.57 Å². The van der Waals surface area contributed by atoms with Crippen LogP contribution in [0.1, 0.15) is 6.42 Å². The van der Waals surface area contributed by atoms with Crippen molar-refractivity contribution < 1.29 is 17.9 Å². The first-order valence-electron chi connectivity index (χ1n) is 9.06. The number of benzene rings is 2. The summed E-state index contributed by atoms with van der Waals surface area (Å²) in [5, 5.41) is 0.455. The van der Waals surface area contributed by atoms with Crippen LogP contribution in [0.2, 0.25) is 5.02 Å². The van der Waals surface area contributed by atoms with E-state index in [4.69, 9.17) is 16.3 Å². The van der Waals surface area contributed by atoms with Crippen molar-refractivity contribution in [3.05, 3.63) is 52.3 Å². The highest BCUT2D eigenvalue weighted by Gasteiger charge is 2.17. The summed E-state index contributed by atoms with van der Waals surface area (Å²) in [7, 11) is -1.98. The van der Waals surface area contributed by atoms with Crippen LogP contribution in [0.25, 0.3) is 10.2 Å². The summed E-state index contributed by atoms with van der Waals surface area (Å²) in [5.41, 5.74) is 0.939. The fourth-order valence-corrected chi connectivity index (χ4v) is 5.58. The molecule has 0 aliphatic heterocycles. The molecule has 1 aromatic heterocycles. The molecule has 3 rings (SSSR count). The van der Waals surface area contributed by atoms with Crippen molar-refractivity contribution in [3.8, 4) is 5.75 Å². The number of thiazole rings is 1.